The third-order valence-corrected chi connectivity index (χ3v) is 4.76. The van der Waals surface area contributed by atoms with Crippen molar-refractivity contribution in [2.75, 3.05) is 0 Å². The lowest BCUT2D eigenvalue weighted by Crippen LogP contribution is -2.35. The molecule has 2 aromatic carbocycles. The van der Waals surface area contributed by atoms with Gasteiger partial charge in [-0.3, -0.25) is 11.3 Å². The van der Waals surface area contributed by atoms with Gasteiger partial charge < -0.3 is 0 Å². The molecule has 2 nitrogen and oxygen atoms in total. The standard InChI is InChI=1S/C18H24N2/c1-13-5-4-8-16(11-13)18(20-19)17-10-9-14-6-2-3-7-15(14)12-17/h2-3,6-7,9-10,12-13,16,18,20H,4-5,8,11,19H2,1H3. The van der Waals surface area contributed by atoms with Crippen LogP contribution in [0.15, 0.2) is 42.5 Å². The van der Waals surface area contributed by atoms with E-state index in [4.69, 9.17) is 5.84 Å². The second kappa shape index (κ2) is 5.94. The second-order valence-electron chi connectivity index (χ2n) is 6.28. The van der Waals surface area contributed by atoms with Crippen molar-refractivity contribution in [2.45, 2.75) is 38.6 Å². The third-order valence-electron chi connectivity index (χ3n) is 4.76. The SMILES string of the molecule is CC1CCCC(C(NN)c2ccc3ccccc3c2)C1. The van der Waals surface area contributed by atoms with Crippen LogP contribution < -0.4 is 11.3 Å². The largest absolute Gasteiger partial charge is 0.271 e. The maximum Gasteiger partial charge on any atom is 0.0488 e. The monoisotopic (exact) mass is 268 g/mol. The number of fused-ring (bicyclic) bond motifs is 1. The van der Waals surface area contributed by atoms with E-state index in [9.17, 15) is 0 Å². The maximum atomic E-state index is 5.88. The van der Waals surface area contributed by atoms with Gasteiger partial charge in [-0.15, -0.1) is 0 Å². The van der Waals surface area contributed by atoms with E-state index < -0.39 is 0 Å². The van der Waals surface area contributed by atoms with E-state index in [2.05, 4.69) is 54.8 Å². The summed E-state index contributed by atoms with van der Waals surface area (Å²) in [4.78, 5) is 0. The summed E-state index contributed by atoms with van der Waals surface area (Å²) in [7, 11) is 0. The molecule has 3 rings (SSSR count). The number of hydrogen-bond acceptors (Lipinski definition) is 2. The Bertz CT molecular complexity index is 578. The van der Waals surface area contributed by atoms with Crippen LogP contribution in [0.5, 0.6) is 0 Å². The lowest BCUT2D eigenvalue weighted by molar-refractivity contribution is 0.224. The first-order valence-corrected chi connectivity index (χ1v) is 7.73. The zero-order chi connectivity index (χ0) is 13.9. The van der Waals surface area contributed by atoms with Crippen molar-refractivity contribution in [3.05, 3.63) is 48.0 Å². The molecular formula is C18H24N2. The first-order chi connectivity index (χ1) is 9.78. The van der Waals surface area contributed by atoms with Crippen molar-refractivity contribution in [1.82, 2.24) is 5.43 Å². The van der Waals surface area contributed by atoms with E-state index in [-0.39, 0.29) is 6.04 Å². The summed E-state index contributed by atoms with van der Waals surface area (Å²) in [5.74, 6) is 7.36. The molecule has 0 aromatic heterocycles. The Morgan fingerprint density at radius 3 is 2.65 bits per heavy atom. The van der Waals surface area contributed by atoms with E-state index in [1.54, 1.807) is 0 Å². The predicted octanol–water partition coefficient (Wildman–Crippen LogP) is 4.17. The Labute approximate surface area is 121 Å². The predicted molar refractivity (Wildman–Crippen MR) is 85.1 cm³/mol. The van der Waals surface area contributed by atoms with E-state index in [0.717, 1.165) is 5.92 Å². The maximum absolute atomic E-state index is 5.88. The van der Waals surface area contributed by atoms with Crippen LogP contribution in [0.25, 0.3) is 10.8 Å². The van der Waals surface area contributed by atoms with Gasteiger partial charge in [0.2, 0.25) is 0 Å². The molecule has 106 valence electrons. The molecule has 0 saturated heterocycles. The molecule has 2 heteroatoms. The Balaban J connectivity index is 1.90. The molecule has 0 radical (unpaired) electrons. The average Bonchev–Trinajstić information content (AvgIpc) is 2.48. The van der Waals surface area contributed by atoms with Gasteiger partial charge in [-0.1, -0.05) is 56.2 Å². The summed E-state index contributed by atoms with van der Waals surface area (Å²) in [5, 5.41) is 2.60. The van der Waals surface area contributed by atoms with Crippen molar-refractivity contribution >= 4 is 10.8 Å². The van der Waals surface area contributed by atoms with Crippen molar-refractivity contribution in [2.24, 2.45) is 17.7 Å². The quantitative estimate of drug-likeness (QED) is 0.647. The van der Waals surface area contributed by atoms with Crippen LogP contribution in [0.1, 0.15) is 44.2 Å². The highest BCUT2D eigenvalue weighted by Crippen LogP contribution is 2.37. The lowest BCUT2D eigenvalue weighted by Gasteiger charge is -2.33. The first kappa shape index (κ1) is 13.6. The first-order valence-electron chi connectivity index (χ1n) is 7.73. The molecule has 1 fully saturated rings. The van der Waals surface area contributed by atoms with Crippen LogP contribution in [0.3, 0.4) is 0 Å². The molecule has 1 aliphatic rings. The molecule has 0 spiro atoms. The van der Waals surface area contributed by atoms with Crippen molar-refractivity contribution < 1.29 is 0 Å². The zero-order valence-electron chi connectivity index (χ0n) is 12.2. The number of nitrogens with one attached hydrogen (secondary N) is 1. The summed E-state index contributed by atoms with van der Waals surface area (Å²) >= 11 is 0. The van der Waals surface area contributed by atoms with Crippen molar-refractivity contribution in [3.63, 3.8) is 0 Å². The van der Waals surface area contributed by atoms with Gasteiger partial charge in [-0.2, -0.15) is 0 Å². The molecule has 0 heterocycles. The molecule has 1 saturated carbocycles. The van der Waals surface area contributed by atoms with Gasteiger partial charge in [0.05, 0.1) is 0 Å². The lowest BCUT2D eigenvalue weighted by atomic mass is 9.77. The molecule has 2 aromatic rings. The summed E-state index contributed by atoms with van der Waals surface area (Å²) in [6, 6.07) is 15.5. The third kappa shape index (κ3) is 2.72. The summed E-state index contributed by atoms with van der Waals surface area (Å²) in [6.07, 6.45) is 5.26. The Kier molecular flexibility index (Phi) is 4.04. The summed E-state index contributed by atoms with van der Waals surface area (Å²) in [6.45, 7) is 2.36. The molecule has 0 amide bonds. The highest BCUT2D eigenvalue weighted by atomic mass is 15.2. The minimum atomic E-state index is 0.280. The number of rotatable bonds is 3. The summed E-state index contributed by atoms with van der Waals surface area (Å²) < 4.78 is 0. The molecule has 3 unspecified atom stereocenters. The molecule has 1 aliphatic carbocycles. The van der Waals surface area contributed by atoms with Crippen LogP contribution in [0.4, 0.5) is 0 Å². The van der Waals surface area contributed by atoms with Crippen LogP contribution in [0, 0.1) is 11.8 Å². The fourth-order valence-corrected chi connectivity index (χ4v) is 3.69. The molecular weight excluding hydrogens is 244 g/mol. The highest BCUT2D eigenvalue weighted by molar-refractivity contribution is 5.83. The van der Waals surface area contributed by atoms with Gasteiger partial charge in [-0.05, 0) is 47.1 Å². The molecule has 0 bridgehead atoms. The Hall–Kier alpha value is -1.38. The number of benzene rings is 2. The molecule has 3 atom stereocenters. The molecule has 20 heavy (non-hydrogen) atoms. The van der Waals surface area contributed by atoms with Gasteiger partial charge in [0, 0.05) is 6.04 Å². The van der Waals surface area contributed by atoms with Crippen LogP contribution in [-0.4, -0.2) is 0 Å². The van der Waals surface area contributed by atoms with Gasteiger partial charge in [0.15, 0.2) is 0 Å². The van der Waals surface area contributed by atoms with Gasteiger partial charge in [-0.25, -0.2) is 0 Å². The van der Waals surface area contributed by atoms with Gasteiger partial charge in [0.1, 0.15) is 0 Å². The topological polar surface area (TPSA) is 38.0 Å². The smallest absolute Gasteiger partial charge is 0.0488 e. The average molecular weight is 268 g/mol. The minimum Gasteiger partial charge on any atom is -0.271 e. The van der Waals surface area contributed by atoms with E-state index in [1.807, 2.05) is 0 Å². The molecule has 0 aliphatic heterocycles. The second-order valence-corrected chi connectivity index (χ2v) is 6.28. The van der Waals surface area contributed by atoms with E-state index >= 15 is 0 Å². The van der Waals surface area contributed by atoms with E-state index in [1.165, 1.54) is 42.0 Å². The highest BCUT2D eigenvalue weighted by Gasteiger charge is 2.27. The van der Waals surface area contributed by atoms with Crippen molar-refractivity contribution in [1.29, 1.82) is 0 Å². The summed E-state index contributed by atoms with van der Waals surface area (Å²) in [5.41, 5.74) is 4.40. The normalized spacial score (nSPS) is 24.7. The van der Waals surface area contributed by atoms with Gasteiger partial charge >= 0.3 is 0 Å². The number of hydrazine groups is 1. The minimum absolute atomic E-state index is 0.280. The number of hydrogen-bond donors (Lipinski definition) is 2. The Morgan fingerprint density at radius 1 is 1.10 bits per heavy atom. The van der Waals surface area contributed by atoms with Crippen LogP contribution in [-0.2, 0) is 0 Å². The van der Waals surface area contributed by atoms with Crippen LogP contribution in [0.2, 0.25) is 0 Å². The Morgan fingerprint density at radius 2 is 1.90 bits per heavy atom. The zero-order valence-corrected chi connectivity index (χ0v) is 12.2. The van der Waals surface area contributed by atoms with Crippen LogP contribution >= 0.6 is 0 Å². The number of nitrogens with two attached hydrogens (primary N) is 1. The fourth-order valence-electron chi connectivity index (χ4n) is 3.69. The van der Waals surface area contributed by atoms with Crippen molar-refractivity contribution in [3.8, 4) is 0 Å². The van der Waals surface area contributed by atoms with Gasteiger partial charge in [0.25, 0.3) is 0 Å². The molecule has 3 N–H and O–H groups in total. The van der Waals surface area contributed by atoms with E-state index in [0.29, 0.717) is 5.92 Å². The fraction of sp³-hybridized carbons (Fsp3) is 0.444.